The lowest BCUT2D eigenvalue weighted by Gasteiger charge is -2.08. The fraction of sp³-hybridized carbons (Fsp3) is 0.158. The molecule has 0 amide bonds. The number of aryl methyl sites for hydroxylation is 2. The van der Waals surface area contributed by atoms with E-state index in [1.165, 1.54) is 4.57 Å². The summed E-state index contributed by atoms with van der Waals surface area (Å²) in [7, 11) is 1.63. The third-order valence-electron chi connectivity index (χ3n) is 4.83. The van der Waals surface area contributed by atoms with Gasteiger partial charge < -0.3 is 4.74 Å². The minimum atomic E-state index is -0.508. The van der Waals surface area contributed by atoms with E-state index in [1.807, 2.05) is 6.07 Å². The van der Waals surface area contributed by atoms with Crippen LogP contribution in [0.3, 0.4) is 0 Å². The molecule has 0 saturated carbocycles. The maximum absolute atomic E-state index is 12.5. The summed E-state index contributed by atoms with van der Waals surface area (Å²) in [6.45, 7) is 1.70. The second-order valence-electron chi connectivity index (χ2n) is 6.60. The van der Waals surface area contributed by atoms with Crippen molar-refractivity contribution in [1.29, 1.82) is 0 Å². The number of fused-ring (bicyclic) bond motifs is 4. The van der Waals surface area contributed by atoms with Crippen LogP contribution in [0.4, 0.5) is 0 Å². The van der Waals surface area contributed by atoms with Gasteiger partial charge in [-0.15, -0.1) is 20.4 Å². The first-order valence-electron chi connectivity index (χ1n) is 8.85. The van der Waals surface area contributed by atoms with E-state index in [4.69, 9.17) is 4.74 Å². The van der Waals surface area contributed by atoms with Crippen LogP contribution in [0.1, 0.15) is 22.0 Å². The van der Waals surface area contributed by atoms with Crippen molar-refractivity contribution >= 4 is 28.3 Å². The van der Waals surface area contributed by atoms with Crippen LogP contribution in [-0.4, -0.2) is 39.7 Å². The maximum Gasteiger partial charge on any atom is 0.340 e. The number of hydrogen-bond donors (Lipinski definition) is 0. The van der Waals surface area contributed by atoms with E-state index >= 15 is 0 Å². The first kappa shape index (κ1) is 17.0. The van der Waals surface area contributed by atoms with Gasteiger partial charge in [0.15, 0.2) is 18.1 Å². The van der Waals surface area contributed by atoms with Gasteiger partial charge in [0.25, 0.3) is 5.56 Å². The lowest BCUT2D eigenvalue weighted by atomic mass is 10.2. The van der Waals surface area contributed by atoms with Crippen LogP contribution >= 0.6 is 0 Å². The van der Waals surface area contributed by atoms with E-state index < -0.39 is 5.97 Å². The molecule has 0 aliphatic carbocycles. The Kier molecular flexibility index (Phi) is 3.66. The Morgan fingerprint density at radius 2 is 1.90 bits per heavy atom. The van der Waals surface area contributed by atoms with Crippen molar-refractivity contribution in [3.8, 4) is 0 Å². The van der Waals surface area contributed by atoms with Crippen LogP contribution in [-0.2, 0) is 18.4 Å². The van der Waals surface area contributed by atoms with Gasteiger partial charge in [0, 0.05) is 13.2 Å². The van der Waals surface area contributed by atoms with Crippen LogP contribution in [0.25, 0.3) is 22.3 Å². The number of benzene rings is 1. The number of pyridine rings is 1. The van der Waals surface area contributed by atoms with E-state index in [1.54, 1.807) is 59.3 Å². The molecule has 0 aliphatic rings. The average molecular weight is 389 g/mol. The van der Waals surface area contributed by atoms with Gasteiger partial charge in [0.1, 0.15) is 5.82 Å². The van der Waals surface area contributed by atoms with Gasteiger partial charge in [-0.2, -0.15) is 0 Å². The lowest BCUT2D eigenvalue weighted by Crippen LogP contribution is -2.20. The zero-order valence-electron chi connectivity index (χ0n) is 15.6. The molecule has 0 saturated heterocycles. The normalized spacial score (nSPS) is 11.5. The van der Waals surface area contributed by atoms with E-state index in [0.717, 1.165) is 0 Å². The van der Waals surface area contributed by atoms with Gasteiger partial charge in [-0.05, 0) is 31.2 Å². The highest BCUT2D eigenvalue weighted by atomic mass is 16.5. The minimum Gasteiger partial charge on any atom is -0.454 e. The molecule has 0 N–H and O–H groups in total. The zero-order chi connectivity index (χ0) is 20.1. The predicted octanol–water partition coefficient (Wildman–Crippen LogP) is 1.29. The smallest absolute Gasteiger partial charge is 0.340 e. The van der Waals surface area contributed by atoms with E-state index in [0.29, 0.717) is 39.5 Å². The fourth-order valence-corrected chi connectivity index (χ4v) is 3.33. The summed E-state index contributed by atoms with van der Waals surface area (Å²) in [5.41, 5.74) is 1.51. The zero-order valence-corrected chi connectivity index (χ0v) is 15.6. The Morgan fingerprint density at radius 3 is 2.76 bits per heavy atom. The molecule has 10 heteroatoms. The Labute approximate surface area is 163 Å². The molecular weight excluding hydrogens is 374 g/mol. The van der Waals surface area contributed by atoms with Crippen LogP contribution < -0.4 is 5.56 Å². The second-order valence-corrected chi connectivity index (χ2v) is 6.60. The molecule has 0 spiro atoms. The molecule has 29 heavy (non-hydrogen) atoms. The highest BCUT2D eigenvalue weighted by molar-refractivity contribution is 5.89. The second kappa shape index (κ2) is 6.23. The van der Waals surface area contributed by atoms with Crippen molar-refractivity contribution in [1.82, 2.24) is 33.8 Å². The van der Waals surface area contributed by atoms with Gasteiger partial charge in [-0.1, -0.05) is 12.1 Å². The molecule has 4 aromatic heterocycles. The maximum atomic E-state index is 12.5. The summed E-state index contributed by atoms with van der Waals surface area (Å²) in [5.74, 6) is 0.958. The number of carbonyl (C=O) groups excluding carboxylic acids is 1. The largest absolute Gasteiger partial charge is 0.454 e. The molecule has 5 rings (SSSR count). The molecule has 4 heterocycles. The summed E-state index contributed by atoms with van der Waals surface area (Å²) < 4.78 is 10.3. The first-order chi connectivity index (χ1) is 14.0. The van der Waals surface area contributed by atoms with Crippen molar-refractivity contribution in [2.75, 3.05) is 0 Å². The molecule has 1 aromatic carbocycles. The number of rotatable bonds is 3. The number of carbonyl (C=O) groups is 1. The summed E-state index contributed by atoms with van der Waals surface area (Å²) in [6, 6.07) is 10.5. The van der Waals surface area contributed by atoms with Crippen molar-refractivity contribution < 1.29 is 9.53 Å². The quantitative estimate of drug-likeness (QED) is 0.428. The number of hydrogen-bond acceptors (Lipinski definition) is 7. The lowest BCUT2D eigenvalue weighted by molar-refractivity contribution is 0.0461. The van der Waals surface area contributed by atoms with Crippen LogP contribution in [0.15, 0.2) is 47.4 Å². The molecule has 5 aromatic rings. The topological polar surface area (TPSA) is 109 Å². The number of esters is 1. The highest BCUT2D eigenvalue weighted by Crippen LogP contribution is 2.15. The molecule has 144 valence electrons. The average Bonchev–Trinajstić information content (AvgIpc) is 3.34. The van der Waals surface area contributed by atoms with Crippen molar-refractivity contribution in [2.24, 2.45) is 7.05 Å². The summed E-state index contributed by atoms with van der Waals surface area (Å²) in [4.78, 5) is 25.0. The number of nitrogens with zero attached hydrogens (tertiary/aromatic N) is 7. The molecule has 10 nitrogen and oxygen atoms in total. The van der Waals surface area contributed by atoms with E-state index in [-0.39, 0.29) is 12.2 Å². The molecule has 0 bridgehead atoms. The number of aromatic nitrogens is 7. The highest BCUT2D eigenvalue weighted by Gasteiger charge is 2.17. The summed E-state index contributed by atoms with van der Waals surface area (Å²) in [6.07, 6.45) is 1.63. The standard InChI is InChI=1S/C19H15N7O3/c1-11-20-21-15-8-7-12(9-25(11)15)18(28)29-10-16-22-23-19-24(2)17(27)13-5-3-4-6-14(13)26(16)19/h3-9H,10H2,1-2H3. The van der Waals surface area contributed by atoms with E-state index in [9.17, 15) is 9.59 Å². The Hall–Kier alpha value is -4.08. The molecule has 0 fully saturated rings. The minimum absolute atomic E-state index is 0.0958. The van der Waals surface area contributed by atoms with Crippen LogP contribution in [0, 0.1) is 6.92 Å². The Bertz CT molecular complexity index is 1480. The SMILES string of the molecule is Cc1nnc2ccc(C(=O)OCc3nnc4n(C)c(=O)c5ccccc5n34)cn12. The van der Waals surface area contributed by atoms with Gasteiger partial charge in [-0.25, -0.2) is 4.79 Å². The number of ether oxygens (including phenoxy) is 1. The van der Waals surface area contributed by atoms with Crippen molar-refractivity contribution in [3.05, 3.63) is 70.2 Å². The number of para-hydroxylation sites is 1. The Balaban J connectivity index is 1.51. The Morgan fingerprint density at radius 1 is 1.07 bits per heavy atom. The van der Waals surface area contributed by atoms with Gasteiger partial charge in [-0.3, -0.25) is 18.2 Å². The van der Waals surface area contributed by atoms with Gasteiger partial charge >= 0.3 is 5.97 Å². The van der Waals surface area contributed by atoms with Gasteiger partial charge in [0.2, 0.25) is 5.78 Å². The summed E-state index contributed by atoms with van der Waals surface area (Å²) >= 11 is 0. The first-order valence-corrected chi connectivity index (χ1v) is 8.85. The molecular formula is C19H15N7O3. The molecule has 0 aliphatic heterocycles. The monoisotopic (exact) mass is 389 g/mol. The van der Waals surface area contributed by atoms with Gasteiger partial charge in [0.05, 0.1) is 16.5 Å². The fourth-order valence-electron chi connectivity index (χ4n) is 3.33. The third-order valence-corrected chi connectivity index (χ3v) is 4.83. The third kappa shape index (κ3) is 2.57. The van der Waals surface area contributed by atoms with Crippen molar-refractivity contribution in [3.63, 3.8) is 0 Å². The predicted molar refractivity (Wildman–Crippen MR) is 103 cm³/mol. The molecule has 0 unspecified atom stereocenters. The van der Waals surface area contributed by atoms with Crippen LogP contribution in [0.2, 0.25) is 0 Å². The molecule has 0 radical (unpaired) electrons. The van der Waals surface area contributed by atoms with Crippen molar-refractivity contribution in [2.45, 2.75) is 13.5 Å². The van der Waals surface area contributed by atoms with E-state index in [2.05, 4.69) is 20.4 Å². The summed E-state index contributed by atoms with van der Waals surface area (Å²) in [5, 5.41) is 16.7. The molecule has 0 atom stereocenters. The van der Waals surface area contributed by atoms with Crippen LogP contribution in [0.5, 0.6) is 0 Å².